The highest BCUT2D eigenvalue weighted by Crippen LogP contribution is 2.44. The Hall–Kier alpha value is -2.84. The normalized spacial score (nSPS) is 15.7. The topological polar surface area (TPSA) is 90.3 Å². The maximum Gasteiger partial charge on any atom is 0.308 e. The van der Waals surface area contributed by atoms with Gasteiger partial charge in [0.25, 0.3) is 0 Å². The minimum absolute atomic E-state index is 0.0153. The Bertz CT molecular complexity index is 965. The first-order valence-electron chi connectivity index (χ1n) is 8.03. The van der Waals surface area contributed by atoms with E-state index in [-0.39, 0.29) is 38.9 Å². The number of carbonyl (C=O) groups excluding carboxylic acids is 2. The third-order valence-electron chi connectivity index (χ3n) is 3.75. The molecule has 8 nitrogen and oxygen atoms in total. The summed E-state index contributed by atoms with van der Waals surface area (Å²) >= 11 is 12.5. The second kappa shape index (κ2) is 8.04. The average molecular weight is 424 g/mol. The van der Waals surface area contributed by atoms with E-state index in [1.165, 1.54) is 27.0 Å². The number of ether oxygens (including phenoxy) is 3. The van der Waals surface area contributed by atoms with Crippen LogP contribution in [-0.2, 0) is 14.3 Å². The summed E-state index contributed by atoms with van der Waals surface area (Å²) in [5, 5.41) is 5.52. The van der Waals surface area contributed by atoms with Gasteiger partial charge < -0.3 is 14.2 Å². The number of benzene rings is 1. The van der Waals surface area contributed by atoms with Gasteiger partial charge in [-0.25, -0.2) is 0 Å². The molecule has 0 spiro atoms. The van der Waals surface area contributed by atoms with Crippen LogP contribution in [0.15, 0.2) is 35.7 Å². The summed E-state index contributed by atoms with van der Waals surface area (Å²) in [6.45, 7) is 2.57. The predicted octanol–water partition coefficient (Wildman–Crippen LogP) is 3.56. The number of carbonyl (C=O) groups is 2. The number of esters is 1. The fourth-order valence-electron chi connectivity index (χ4n) is 2.58. The van der Waals surface area contributed by atoms with Crippen LogP contribution in [0.4, 0.5) is 0 Å². The first-order chi connectivity index (χ1) is 13.3. The zero-order chi connectivity index (χ0) is 20.4. The summed E-state index contributed by atoms with van der Waals surface area (Å²) in [7, 11) is 1.38. The van der Waals surface area contributed by atoms with Gasteiger partial charge in [-0.2, -0.15) is 5.01 Å². The Morgan fingerprint density at radius 2 is 2.04 bits per heavy atom. The number of amides is 1. The molecule has 2 aromatic rings. The smallest absolute Gasteiger partial charge is 0.308 e. The predicted molar refractivity (Wildman–Crippen MR) is 101 cm³/mol. The molecule has 1 aliphatic heterocycles. The molecule has 0 fully saturated rings. The molecule has 0 saturated heterocycles. The van der Waals surface area contributed by atoms with Crippen LogP contribution >= 0.6 is 23.2 Å². The number of aromatic nitrogens is 1. The average Bonchev–Trinajstić information content (AvgIpc) is 3.10. The van der Waals surface area contributed by atoms with E-state index in [4.69, 9.17) is 37.4 Å². The molecule has 1 aromatic heterocycles. The summed E-state index contributed by atoms with van der Waals surface area (Å²) < 4.78 is 16.4. The van der Waals surface area contributed by atoms with Crippen molar-refractivity contribution in [1.82, 2.24) is 9.99 Å². The van der Waals surface area contributed by atoms with Crippen molar-refractivity contribution in [1.29, 1.82) is 0 Å². The van der Waals surface area contributed by atoms with E-state index in [1.54, 1.807) is 24.5 Å². The van der Waals surface area contributed by atoms with Gasteiger partial charge in [0.2, 0.25) is 18.0 Å². The molecular formula is C18H15Cl2N3O5. The Balaban J connectivity index is 2.15. The van der Waals surface area contributed by atoms with Crippen LogP contribution in [-0.4, -0.2) is 34.9 Å². The minimum Gasteiger partial charge on any atom is -0.493 e. The maximum absolute atomic E-state index is 12.1. The minimum atomic E-state index is -0.868. The summed E-state index contributed by atoms with van der Waals surface area (Å²) in [5.41, 5.74) is 0.689. The van der Waals surface area contributed by atoms with Gasteiger partial charge in [0.05, 0.1) is 17.2 Å². The summed E-state index contributed by atoms with van der Waals surface area (Å²) in [4.78, 5) is 27.7. The SMILES string of the molecule is COc1cc(Cl)c(Cl)c(C2=NN(C(C)=O)[C@@H](c3cccnc3)O2)c1OC(C)=O. The highest BCUT2D eigenvalue weighted by Gasteiger charge is 2.37. The molecule has 0 bridgehead atoms. The molecule has 3 rings (SSSR count). The molecule has 146 valence electrons. The molecule has 10 heteroatoms. The number of hydrazone groups is 1. The van der Waals surface area contributed by atoms with Crippen LogP contribution in [0.2, 0.25) is 10.0 Å². The molecule has 1 aliphatic rings. The number of hydrogen-bond acceptors (Lipinski definition) is 7. The number of rotatable bonds is 4. The van der Waals surface area contributed by atoms with E-state index in [0.29, 0.717) is 5.56 Å². The maximum atomic E-state index is 12.1. The lowest BCUT2D eigenvalue weighted by atomic mass is 10.1. The Labute approximate surface area is 170 Å². The second-order valence-corrected chi connectivity index (χ2v) is 6.48. The van der Waals surface area contributed by atoms with Crippen molar-refractivity contribution in [2.45, 2.75) is 20.1 Å². The van der Waals surface area contributed by atoms with Crippen molar-refractivity contribution >= 4 is 41.0 Å². The van der Waals surface area contributed by atoms with E-state index < -0.39 is 12.2 Å². The summed E-state index contributed by atoms with van der Waals surface area (Å²) in [6, 6.07) is 4.84. The highest BCUT2D eigenvalue weighted by atomic mass is 35.5. The fraction of sp³-hybridized carbons (Fsp3) is 0.222. The van der Waals surface area contributed by atoms with Gasteiger partial charge in [-0.05, 0) is 6.07 Å². The van der Waals surface area contributed by atoms with Crippen LogP contribution in [0, 0.1) is 0 Å². The van der Waals surface area contributed by atoms with Crippen molar-refractivity contribution in [2.24, 2.45) is 5.10 Å². The molecule has 1 atom stereocenters. The van der Waals surface area contributed by atoms with E-state index in [9.17, 15) is 9.59 Å². The molecule has 2 heterocycles. The van der Waals surface area contributed by atoms with Crippen molar-refractivity contribution < 1.29 is 23.8 Å². The van der Waals surface area contributed by atoms with E-state index in [0.717, 1.165) is 5.01 Å². The summed E-state index contributed by atoms with van der Waals surface area (Å²) in [5.74, 6) is -0.888. The van der Waals surface area contributed by atoms with Gasteiger partial charge in [0.15, 0.2) is 11.5 Å². The first-order valence-corrected chi connectivity index (χ1v) is 8.78. The Morgan fingerprint density at radius 1 is 1.29 bits per heavy atom. The molecule has 0 N–H and O–H groups in total. The van der Waals surface area contributed by atoms with Crippen LogP contribution in [0.1, 0.15) is 31.2 Å². The molecule has 0 aliphatic carbocycles. The quantitative estimate of drug-likeness (QED) is 0.551. The molecule has 1 aromatic carbocycles. The van der Waals surface area contributed by atoms with Crippen LogP contribution in [0.3, 0.4) is 0 Å². The van der Waals surface area contributed by atoms with Crippen molar-refractivity contribution in [3.05, 3.63) is 51.8 Å². The van der Waals surface area contributed by atoms with Crippen molar-refractivity contribution in [2.75, 3.05) is 7.11 Å². The standard InChI is InChI=1S/C18H15Cl2N3O5/c1-9(24)23-18(11-5-4-6-21-8-11)28-17(22-23)14-15(20)12(19)7-13(26-3)16(14)27-10(2)25/h4-8,18H,1-3H3/t18-/m1/s1. The van der Waals surface area contributed by atoms with Gasteiger partial charge in [0.1, 0.15) is 5.56 Å². The third kappa shape index (κ3) is 3.74. The summed E-state index contributed by atoms with van der Waals surface area (Å²) in [6.07, 6.45) is 2.27. The fourth-order valence-corrected chi connectivity index (χ4v) is 2.99. The van der Waals surface area contributed by atoms with Crippen LogP contribution in [0.5, 0.6) is 11.5 Å². The van der Waals surface area contributed by atoms with Crippen LogP contribution in [0.25, 0.3) is 0 Å². The molecule has 0 saturated carbocycles. The zero-order valence-electron chi connectivity index (χ0n) is 15.1. The second-order valence-electron chi connectivity index (χ2n) is 5.70. The van der Waals surface area contributed by atoms with Gasteiger partial charge in [0, 0.05) is 37.9 Å². The van der Waals surface area contributed by atoms with Gasteiger partial charge >= 0.3 is 5.97 Å². The number of nitrogens with zero attached hydrogens (tertiary/aromatic N) is 3. The van der Waals surface area contributed by atoms with Gasteiger partial charge in [-0.15, -0.1) is 5.10 Å². The lowest BCUT2D eigenvalue weighted by Gasteiger charge is -2.19. The Kier molecular flexibility index (Phi) is 5.71. The lowest BCUT2D eigenvalue weighted by Crippen LogP contribution is -2.25. The highest BCUT2D eigenvalue weighted by molar-refractivity contribution is 6.44. The van der Waals surface area contributed by atoms with E-state index in [1.807, 2.05) is 0 Å². The first kappa shape index (κ1) is 19.9. The van der Waals surface area contributed by atoms with Crippen molar-refractivity contribution in [3.8, 4) is 11.5 Å². The monoisotopic (exact) mass is 423 g/mol. The van der Waals surface area contributed by atoms with E-state index in [2.05, 4.69) is 10.1 Å². The van der Waals surface area contributed by atoms with Gasteiger partial charge in [-0.3, -0.25) is 14.6 Å². The zero-order valence-corrected chi connectivity index (χ0v) is 16.6. The largest absolute Gasteiger partial charge is 0.493 e. The number of halogens is 2. The van der Waals surface area contributed by atoms with E-state index >= 15 is 0 Å². The molecule has 0 radical (unpaired) electrons. The third-order valence-corrected chi connectivity index (χ3v) is 4.54. The number of hydrogen-bond donors (Lipinski definition) is 0. The van der Waals surface area contributed by atoms with Crippen LogP contribution < -0.4 is 9.47 Å². The molecule has 1 amide bonds. The number of pyridine rings is 1. The number of methoxy groups -OCH3 is 1. The van der Waals surface area contributed by atoms with Crippen molar-refractivity contribution in [3.63, 3.8) is 0 Å². The molecule has 0 unspecified atom stereocenters. The Morgan fingerprint density at radius 3 is 2.61 bits per heavy atom. The van der Waals surface area contributed by atoms with Gasteiger partial charge in [-0.1, -0.05) is 29.3 Å². The molecular weight excluding hydrogens is 409 g/mol. The molecule has 28 heavy (non-hydrogen) atoms. The lowest BCUT2D eigenvalue weighted by molar-refractivity contribution is -0.135.